The topological polar surface area (TPSA) is 26.3 Å². The fourth-order valence-corrected chi connectivity index (χ4v) is 1.30. The van der Waals surface area contributed by atoms with E-state index in [1.54, 1.807) is 6.08 Å². The van der Waals surface area contributed by atoms with Gasteiger partial charge in [-0.15, -0.1) is 17.3 Å². The lowest BCUT2D eigenvalue weighted by molar-refractivity contribution is -0.133. The van der Waals surface area contributed by atoms with Crippen molar-refractivity contribution in [1.82, 2.24) is 0 Å². The number of carbonyl (C=O) groups excluding carboxylic acids is 1. The number of alkyl halides is 1. The molecule has 0 aliphatic heterocycles. The highest BCUT2D eigenvalue weighted by molar-refractivity contribution is 6.18. The Labute approximate surface area is 100 Å². The summed E-state index contributed by atoms with van der Waals surface area (Å²) in [7, 11) is 1.36. The van der Waals surface area contributed by atoms with Gasteiger partial charge in [0.15, 0.2) is 0 Å². The number of ether oxygens (including phenoxy) is 1. The predicted octanol–water partition coefficient (Wildman–Crippen LogP) is 3.03. The van der Waals surface area contributed by atoms with Crippen LogP contribution < -0.4 is 0 Å². The zero-order chi connectivity index (χ0) is 11.8. The Hall–Kier alpha value is -1.50. The van der Waals surface area contributed by atoms with E-state index in [1.807, 2.05) is 30.3 Å². The molecule has 0 aliphatic rings. The first kappa shape index (κ1) is 12.6. The van der Waals surface area contributed by atoms with E-state index in [9.17, 15) is 4.79 Å². The summed E-state index contributed by atoms with van der Waals surface area (Å²) in [5.41, 5.74) is 4.14. The molecule has 0 unspecified atom stereocenters. The summed E-state index contributed by atoms with van der Waals surface area (Å²) in [5, 5.41) is 0. The number of esters is 1. The van der Waals surface area contributed by atoms with Crippen molar-refractivity contribution < 1.29 is 9.53 Å². The molecule has 0 atom stereocenters. The lowest BCUT2D eigenvalue weighted by Gasteiger charge is -2.01. The number of benzene rings is 1. The molecule has 16 heavy (non-hydrogen) atoms. The lowest BCUT2D eigenvalue weighted by Crippen LogP contribution is -2.02. The van der Waals surface area contributed by atoms with Crippen molar-refractivity contribution in [3.05, 3.63) is 47.7 Å². The first-order chi connectivity index (χ1) is 7.79. The molecule has 1 aromatic carbocycles. The summed E-state index contributed by atoms with van der Waals surface area (Å²) >= 11 is 5.55. The number of carbonyl (C=O) groups is 1. The van der Waals surface area contributed by atoms with Crippen LogP contribution in [0.4, 0.5) is 0 Å². The zero-order valence-electron chi connectivity index (χ0n) is 9.07. The molecule has 0 bridgehead atoms. The van der Waals surface area contributed by atoms with Crippen molar-refractivity contribution in [2.45, 2.75) is 6.42 Å². The minimum Gasteiger partial charge on any atom is -0.465 e. The number of hydrogen-bond acceptors (Lipinski definition) is 2. The second kappa shape index (κ2) is 6.89. The van der Waals surface area contributed by atoms with E-state index >= 15 is 0 Å². The molecule has 3 heteroatoms. The molecule has 0 saturated carbocycles. The van der Waals surface area contributed by atoms with Crippen LogP contribution in [-0.2, 0) is 9.53 Å². The smallest absolute Gasteiger partial charge is 0.346 e. The molecule has 84 valence electrons. The largest absolute Gasteiger partial charge is 0.465 e. The number of hydrogen-bond donors (Lipinski definition) is 0. The standard InChI is InChI=1S/C13H13ClO2/c1-16-13(15)12(9-5-6-10-14)11-7-3-2-4-8-11/h2-5,7-8H,6,10H2,1H3. The van der Waals surface area contributed by atoms with Crippen LogP contribution in [0, 0.1) is 0 Å². The minimum atomic E-state index is -0.392. The lowest BCUT2D eigenvalue weighted by atomic mass is 10.1. The SMILES string of the molecule is COC(=O)C(=C=CCCCl)c1ccccc1. The Kier molecular flexibility index (Phi) is 5.41. The van der Waals surface area contributed by atoms with E-state index < -0.39 is 5.97 Å². The molecule has 0 amide bonds. The van der Waals surface area contributed by atoms with Crippen LogP contribution in [0.15, 0.2) is 42.1 Å². The summed E-state index contributed by atoms with van der Waals surface area (Å²) in [4.78, 5) is 11.5. The van der Waals surface area contributed by atoms with Gasteiger partial charge in [0, 0.05) is 5.88 Å². The molecule has 1 aromatic rings. The average Bonchev–Trinajstić information content (AvgIpc) is 2.35. The van der Waals surface area contributed by atoms with Crippen molar-refractivity contribution in [3.63, 3.8) is 0 Å². The van der Waals surface area contributed by atoms with Gasteiger partial charge in [-0.1, -0.05) is 30.3 Å². The molecule has 0 radical (unpaired) electrons. The van der Waals surface area contributed by atoms with Crippen LogP contribution in [0.25, 0.3) is 5.57 Å². The van der Waals surface area contributed by atoms with Crippen molar-refractivity contribution in [1.29, 1.82) is 0 Å². The Balaban J connectivity index is 3.07. The third kappa shape index (κ3) is 3.58. The van der Waals surface area contributed by atoms with Crippen molar-refractivity contribution in [2.24, 2.45) is 0 Å². The molecule has 0 N–H and O–H groups in total. The van der Waals surface area contributed by atoms with E-state index in [0.29, 0.717) is 17.9 Å². The molecule has 0 aromatic heterocycles. The highest BCUT2D eigenvalue weighted by Gasteiger charge is 2.10. The fraction of sp³-hybridized carbons (Fsp3) is 0.231. The van der Waals surface area contributed by atoms with Crippen LogP contribution in [0.2, 0.25) is 0 Å². The highest BCUT2D eigenvalue weighted by Crippen LogP contribution is 2.14. The van der Waals surface area contributed by atoms with Gasteiger partial charge in [0.2, 0.25) is 0 Å². The second-order valence-corrected chi connectivity index (χ2v) is 3.44. The quantitative estimate of drug-likeness (QED) is 0.348. The van der Waals surface area contributed by atoms with Crippen LogP contribution >= 0.6 is 11.6 Å². The predicted molar refractivity (Wildman–Crippen MR) is 65.3 cm³/mol. The summed E-state index contributed by atoms with van der Waals surface area (Å²) in [6.45, 7) is 0. The van der Waals surface area contributed by atoms with Crippen LogP contribution in [0.1, 0.15) is 12.0 Å². The number of methoxy groups -OCH3 is 1. The van der Waals surface area contributed by atoms with E-state index in [4.69, 9.17) is 16.3 Å². The Bertz CT molecular complexity index is 403. The molecule has 0 fully saturated rings. The van der Waals surface area contributed by atoms with Gasteiger partial charge in [0.25, 0.3) is 0 Å². The summed E-state index contributed by atoms with van der Waals surface area (Å²) in [5.74, 6) is 0.119. The van der Waals surface area contributed by atoms with Crippen LogP contribution in [0.5, 0.6) is 0 Å². The Morgan fingerprint density at radius 2 is 2.12 bits per heavy atom. The van der Waals surface area contributed by atoms with Crippen molar-refractivity contribution >= 4 is 23.1 Å². The van der Waals surface area contributed by atoms with Gasteiger partial charge in [0.1, 0.15) is 5.57 Å². The van der Waals surface area contributed by atoms with E-state index in [2.05, 4.69) is 5.73 Å². The van der Waals surface area contributed by atoms with Crippen LogP contribution in [-0.4, -0.2) is 19.0 Å². The number of rotatable bonds is 4. The maximum Gasteiger partial charge on any atom is 0.346 e. The molecule has 0 spiro atoms. The maximum atomic E-state index is 11.5. The third-order valence-corrected chi connectivity index (χ3v) is 2.17. The molecule has 0 aliphatic carbocycles. The van der Waals surface area contributed by atoms with Gasteiger partial charge in [-0.05, 0) is 18.1 Å². The molecule has 1 rings (SSSR count). The van der Waals surface area contributed by atoms with Crippen molar-refractivity contribution in [2.75, 3.05) is 13.0 Å². The Morgan fingerprint density at radius 3 is 2.69 bits per heavy atom. The zero-order valence-corrected chi connectivity index (χ0v) is 9.83. The molecular formula is C13H13ClO2. The van der Waals surface area contributed by atoms with Gasteiger partial charge in [-0.25, -0.2) is 4.79 Å². The van der Waals surface area contributed by atoms with Crippen LogP contribution in [0.3, 0.4) is 0 Å². The van der Waals surface area contributed by atoms with Gasteiger partial charge >= 0.3 is 5.97 Å². The molecular weight excluding hydrogens is 224 g/mol. The van der Waals surface area contributed by atoms with Gasteiger partial charge < -0.3 is 4.74 Å². The monoisotopic (exact) mass is 236 g/mol. The van der Waals surface area contributed by atoms with Gasteiger partial charge in [-0.2, -0.15) is 0 Å². The summed E-state index contributed by atoms with van der Waals surface area (Å²) in [6, 6.07) is 9.30. The summed E-state index contributed by atoms with van der Waals surface area (Å²) in [6.07, 6.45) is 2.42. The normalized spacial score (nSPS) is 9.12. The third-order valence-electron chi connectivity index (χ3n) is 1.95. The first-order valence-corrected chi connectivity index (χ1v) is 5.48. The van der Waals surface area contributed by atoms with Gasteiger partial charge in [-0.3, -0.25) is 0 Å². The van der Waals surface area contributed by atoms with E-state index in [1.165, 1.54) is 7.11 Å². The first-order valence-electron chi connectivity index (χ1n) is 4.94. The molecule has 2 nitrogen and oxygen atoms in total. The fourth-order valence-electron chi connectivity index (χ4n) is 1.20. The minimum absolute atomic E-state index is 0.392. The highest BCUT2D eigenvalue weighted by atomic mass is 35.5. The van der Waals surface area contributed by atoms with E-state index in [0.717, 1.165) is 5.56 Å². The second-order valence-electron chi connectivity index (χ2n) is 3.06. The maximum absolute atomic E-state index is 11.5. The van der Waals surface area contributed by atoms with Crippen molar-refractivity contribution in [3.8, 4) is 0 Å². The average molecular weight is 237 g/mol. The van der Waals surface area contributed by atoms with E-state index in [-0.39, 0.29) is 0 Å². The molecule has 0 saturated heterocycles. The summed E-state index contributed by atoms with van der Waals surface area (Å²) < 4.78 is 4.71. The molecule has 0 heterocycles. The van der Waals surface area contributed by atoms with Gasteiger partial charge in [0.05, 0.1) is 7.11 Å². The number of halogens is 1. The Morgan fingerprint density at radius 1 is 1.44 bits per heavy atom.